The molecule has 1 aliphatic heterocycles. The predicted octanol–water partition coefficient (Wildman–Crippen LogP) is 4.57. The Hall–Kier alpha value is -0.0400. The molecule has 0 aromatic carbocycles. The van der Waals surface area contributed by atoms with E-state index in [1.807, 2.05) is 0 Å². The maximum Gasteiger partial charge on any atom is 0.00222 e. The van der Waals surface area contributed by atoms with E-state index in [0.29, 0.717) is 0 Å². The van der Waals surface area contributed by atoms with Gasteiger partial charge in [-0.05, 0) is 30.6 Å². The molecule has 1 rings (SSSR count). The van der Waals surface area contributed by atoms with Gasteiger partial charge in [0, 0.05) is 19.6 Å². The lowest BCUT2D eigenvalue weighted by Gasteiger charge is -2.42. The fourth-order valence-corrected chi connectivity index (χ4v) is 3.37. The summed E-state index contributed by atoms with van der Waals surface area (Å²) in [6, 6.07) is 0. The topological polar surface area (TPSA) is 3.24 Å². The summed E-state index contributed by atoms with van der Waals surface area (Å²) in [7, 11) is 0. The second kappa shape index (κ2) is 8.13. The third-order valence-electron chi connectivity index (χ3n) is 4.33. The van der Waals surface area contributed by atoms with Gasteiger partial charge in [-0.2, -0.15) is 0 Å². The quantitative estimate of drug-likeness (QED) is 0.569. The fourth-order valence-electron chi connectivity index (χ4n) is 3.37. The van der Waals surface area contributed by atoms with E-state index in [4.69, 9.17) is 0 Å². The van der Waals surface area contributed by atoms with E-state index >= 15 is 0 Å². The van der Waals surface area contributed by atoms with Crippen LogP contribution in [0.3, 0.4) is 0 Å². The number of hydrogen-bond donors (Lipinski definition) is 0. The van der Waals surface area contributed by atoms with E-state index in [9.17, 15) is 0 Å². The molecule has 102 valence electrons. The van der Waals surface area contributed by atoms with Crippen LogP contribution in [0.25, 0.3) is 0 Å². The Kier molecular flexibility index (Phi) is 7.18. The van der Waals surface area contributed by atoms with Crippen LogP contribution in [-0.2, 0) is 0 Å². The van der Waals surface area contributed by atoms with Gasteiger partial charge < -0.3 is 4.90 Å². The minimum absolute atomic E-state index is 0.901. The molecular weight excluding hydrogens is 206 g/mol. The van der Waals surface area contributed by atoms with Gasteiger partial charge in [0.2, 0.25) is 0 Å². The third-order valence-corrected chi connectivity index (χ3v) is 4.33. The molecule has 0 spiro atoms. The van der Waals surface area contributed by atoms with Crippen LogP contribution in [0.4, 0.5) is 0 Å². The van der Waals surface area contributed by atoms with Gasteiger partial charge in [-0.15, -0.1) is 0 Å². The Balaban J connectivity index is 2.09. The van der Waals surface area contributed by atoms with Crippen molar-refractivity contribution >= 4 is 0 Å². The van der Waals surface area contributed by atoms with Crippen molar-refractivity contribution in [1.82, 2.24) is 4.90 Å². The summed E-state index contributed by atoms with van der Waals surface area (Å²) in [5, 5.41) is 0. The molecule has 2 atom stereocenters. The first-order valence-electron chi connectivity index (χ1n) is 7.91. The maximum atomic E-state index is 2.67. The van der Waals surface area contributed by atoms with Crippen LogP contribution in [-0.4, -0.2) is 24.5 Å². The zero-order valence-electron chi connectivity index (χ0n) is 12.5. The van der Waals surface area contributed by atoms with E-state index in [1.54, 1.807) is 0 Å². The Morgan fingerprint density at radius 3 is 2.24 bits per heavy atom. The molecule has 0 aromatic heterocycles. The van der Waals surface area contributed by atoms with Crippen molar-refractivity contribution in [3.05, 3.63) is 0 Å². The van der Waals surface area contributed by atoms with Gasteiger partial charge in [0.25, 0.3) is 0 Å². The molecule has 0 N–H and O–H groups in total. The average Bonchev–Trinajstić information content (AvgIpc) is 2.25. The summed E-state index contributed by atoms with van der Waals surface area (Å²) in [5.74, 6) is 2.92. The number of rotatable bonds is 9. The SMILES string of the molecule is CCCC(C)CN1CC(CC(CC)CCC)C1. The van der Waals surface area contributed by atoms with Gasteiger partial charge in [-0.25, -0.2) is 0 Å². The first kappa shape index (κ1) is 15.0. The highest BCUT2D eigenvalue weighted by Gasteiger charge is 2.28. The molecule has 0 radical (unpaired) electrons. The Morgan fingerprint density at radius 1 is 1.06 bits per heavy atom. The summed E-state index contributed by atoms with van der Waals surface area (Å²) < 4.78 is 0. The lowest BCUT2D eigenvalue weighted by molar-refractivity contribution is 0.0646. The van der Waals surface area contributed by atoms with Crippen LogP contribution in [0.15, 0.2) is 0 Å². The molecule has 2 unspecified atom stereocenters. The van der Waals surface area contributed by atoms with Crippen molar-refractivity contribution in [2.75, 3.05) is 19.6 Å². The van der Waals surface area contributed by atoms with Gasteiger partial charge in [0.1, 0.15) is 0 Å². The van der Waals surface area contributed by atoms with Crippen molar-refractivity contribution in [3.8, 4) is 0 Å². The highest BCUT2D eigenvalue weighted by Crippen LogP contribution is 2.28. The van der Waals surface area contributed by atoms with Crippen molar-refractivity contribution in [2.45, 2.75) is 66.2 Å². The number of likely N-dealkylation sites (tertiary alicyclic amines) is 1. The van der Waals surface area contributed by atoms with Crippen LogP contribution in [0.2, 0.25) is 0 Å². The normalized spacial score (nSPS) is 21.2. The second-order valence-corrected chi connectivity index (χ2v) is 6.28. The third kappa shape index (κ3) is 5.42. The van der Waals surface area contributed by atoms with Crippen LogP contribution in [0.1, 0.15) is 66.2 Å². The van der Waals surface area contributed by atoms with Crippen molar-refractivity contribution < 1.29 is 0 Å². The molecule has 1 heterocycles. The van der Waals surface area contributed by atoms with E-state index in [2.05, 4.69) is 32.6 Å². The smallest absolute Gasteiger partial charge is 0.00222 e. The molecule has 0 aromatic rings. The number of nitrogens with zero attached hydrogens (tertiary/aromatic N) is 1. The summed E-state index contributed by atoms with van der Waals surface area (Å²) >= 11 is 0. The van der Waals surface area contributed by atoms with Crippen LogP contribution < -0.4 is 0 Å². The molecule has 1 nitrogen and oxygen atoms in total. The lowest BCUT2D eigenvalue weighted by atomic mass is 9.84. The summed E-state index contributed by atoms with van der Waals surface area (Å²) in [4.78, 5) is 2.67. The van der Waals surface area contributed by atoms with E-state index < -0.39 is 0 Å². The molecule has 0 bridgehead atoms. The summed E-state index contributed by atoms with van der Waals surface area (Å²) in [6.45, 7) is 13.5. The molecular formula is C16H33N. The standard InChI is InChI=1S/C16H33N/c1-5-8-14(4)11-17-12-16(13-17)10-15(7-3)9-6-2/h14-16H,5-13H2,1-4H3. The van der Waals surface area contributed by atoms with Crippen LogP contribution >= 0.6 is 0 Å². The minimum Gasteiger partial charge on any atom is -0.302 e. The van der Waals surface area contributed by atoms with Crippen molar-refractivity contribution in [2.24, 2.45) is 17.8 Å². The van der Waals surface area contributed by atoms with Gasteiger partial charge in [0.15, 0.2) is 0 Å². The molecule has 1 aliphatic rings. The average molecular weight is 239 g/mol. The first-order chi connectivity index (χ1) is 8.19. The Labute approximate surface area is 109 Å². The summed E-state index contributed by atoms with van der Waals surface area (Å²) in [6.07, 6.45) is 8.42. The lowest BCUT2D eigenvalue weighted by Crippen LogP contribution is -2.48. The molecule has 1 saturated heterocycles. The van der Waals surface area contributed by atoms with E-state index in [-0.39, 0.29) is 0 Å². The highest BCUT2D eigenvalue weighted by molar-refractivity contribution is 4.82. The molecule has 1 fully saturated rings. The first-order valence-corrected chi connectivity index (χ1v) is 7.91. The van der Waals surface area contributed by atoms with Crippen LogP contribution in [0.5, 0.6) is 0 Å². The largest absolute Gasteiger partial charge is 0.302 e. The Bertz CT molecular complexity index is 184. The zero-order valence-corrected chi connectivity index (χ0v) is 12.5. The maximum absolute atomic E-state index is 2.67. The summed E-state index contributed by atoms with van der Waals surface area (Å²) in [5.41, 5.74) is 0. The van der Waals surface area contributed by atoms with Crippen LogP contribution in [0, 0.1) is 17.8 Å². The molecule has 0 aliphatic carbocycles. The van der Waals surface area contributed by atoms with Crippen molar-refractivity contribution in [1.29, 1.82) is 0 Å². The minimum atomic E-state index is 0.901. The van der Waals surface area contributed by atoms with Crippen molar-refractivity contribution in [3.63, 3.8) is 0 Å². The molecule has 17 heavy (non-hydrogen) atoms. The Morgan fingerprint density at radius 2 is 1.71 bits per heavy atom. The van der Waals surface area contributed by atoms with E-state index in [0.717, 1.165) is 17.8 Å². The monoisotopic (exact) mass is 239 g/mol. The zero-order chi connectivity index (χ0) is 12.7. The fraction of sp³-hybridized carbons (Fsp3) is 1.00. The van der Waals surface area contributed by atoms with Gasteiger partial charge in [-0.1, -0.05) is 53.4 Å². The van der Waals surface area contributed by atoms with Gasteiger partial charge in [0.05, 0.1) is 0 Å². The molecule has 0 saturated carbocycles. The predicted molar refractivity (Wildman–Crippen MR) is 77.3 cm³/mol. The molecule has 0 amide bonds. The van der Waals surface area contributed by atoms with Gasteiger partial charge in [-0.3, -0.25) is 0 Å². The highest BCUT2D eigenvalue weighted by atomic mass is 15.2. The number of hydrogen-bond acceptors (Lipinski definition) is 1. The molecule has 1 heteroatoms. The second-order valence-electron chi connectivity index (χ2n) is 6.28. The van der Waals surface area contributed by atoms with E-state index in [1.165, 1.54) is 58.2 Å². The van der Waals surface area contributed by atoms with Gasteiger partial charge >= 0.3 is 0 Å².